The number of aryl methyl sites for hydroxylation is 1. The normalized spacial score (nSPS) is 22.6. The Bertz CT molecular complexity index is 941. The van der Waals surface area contributed by atoms with E-state index in [1.807, 2.05) is 13.0 Å². The molecule has 4 rings (SSSR count). The average molecular weight is 414 g/mol. The lowest BCUT2D eigenvalue weighted by atomic mass is 9.99. The van der Waals surface area contributed by atoms with Gasteiger partial charge in [-0.3, -0.25) is 14.8 Å². The third kappa shape index (κ3) is 4.23. The second-order valence-electron chi connectivity index (χ2n) is 8.80. The molecule has 1 aliphatic heterocycles. The van der Waals surface area contributed by atoms with Crippen LogP contribution in [0.3, 0.4) is 0 Å². The summed E-state index contributed by atoms with van der Waals surface area (Å²) < 4.78 is 0. The van der Waals surface area contributed by atoms with Crippen molar-refractivity contribution >= 4 is 23.2 Å². The Labute approximate surface area is 176 Å². The molecule has 0 spiro atoms. The number of aromatic nitrogens is 2. The van der Waals surface area contributed by atoms with Crippen LogP contribution in [0.5, 0.6) is 0 Å². The zero-order valence-corrected chi connectivity index (χ0v) is 18.0. The van der Waals surface area contributed by atoms with E-state index in [1.165, 1.54) is 12.8 Å². The molecule has 29 heavy (non-hydrogen) atoms. The molecule has 0 bridgehead atoms. The van der Waals surface area contributed by atoms with E-state index >= 15 is 0 Å². The number of halogens is 1. The molecule has 7 heteroatoms. The van der Waals surface area contributed by atoms with Gasteiger partial charge in [-0.05, 0) is 52.0 Å². The molecule has 6 nitrogen and oxygen atoms in total. The summed E-state index contributed by atoms with van der Waals surface area (Å²) in [4.78, 5) is 24.2. The number of nitrogens with zero attached hydrogens (tertiary/aromatic N) is 3. The number of carbonyl (C=O) groups excluding carboxylic acids is 1. The van der Waals surface area contributed by atoms with Crippen LogP contribution in [0.15, 0.2) is 24.7 Å². The number of amides is 1. The van der Waals surface area contributed by atoms with Gasteiger partial charge in [0.2, 0.25) is 0 Å². The molecule has 3 N–H and O–H groups in total. The average Bonchev–Trinajstić information content (AvgIpc) is 3.44. The van der Waals surface area contributed by atoms with Crippen molar-refractivity contribution in [1.29, 1.82) is 0 Å². The van der Waals surface area contributed by atoms with Crippen molar-refractivity contribution in [3.8, 4) is 11.1 Å². The van der Waals surface area contributed by atoms with Crippen LogP contribution in [-0.4, -0.2) is 40.5 Å². The predicted molar refractivity (Wildman–Crippen MR) is 116 cm³/mol. The maximum Gasteiger partial charge on any atom is 0.255 e. The summed E-state index contributed by atoms with van der Waals surface area (Å²) in [7, 11) is 0. The number of nitrogens with two attached hydrogens (primary N) is 1. The van der Waals surface area contributed by atoms with Gasteiger partial charge in [0.05, 0.1) is 16.3 Å². The Morgan fingerprint density at radius 2 is 2.14 bits per heavy atom. The van der Waals surface area contributed by atoms with Gasteiger partial charge in [0, 0.05) is 60.1 Å². The topological polar surface area (TPSA) is 84.1 Å². The lowest BCUT2D eigenvalue weighted by Crippen LogP contribution is -2.40. The lowest BCUT2D eigenvalue weighted by Gasteiger charge is -2.27. The van der Waals surface area contributed by atoms with Crippen LogP contribution in [0.2, 0.25) is 5.02 Å². The molecule has 1 saturated heterocycles. The Hall–Kier alpha value is -2.18. The first-order chi connectivity index (χ1) is 13.7. The summed E-state index contributed by atoms with van der Waals surface area (Å²) in [6.45, 7) is 7.54. The molecule has 2 aromatic heterocycles. The van der Waals surface area contributed by atoms with Crippen molar-refractivity contribution < 1.29 is 4.79 Å². The van der Waals surface area contributed by atoms with Gasteiger partial charge >= 0.3 is 0 Å². The van der Waals surface area contributed by atoms with Crippen LogP contribution in [0.25, 0.3) is 11.1 Å². The monoisotopic (exact) mass is 413 g/mol. The van der Waals surface area contributed by atoms with Gasteiger partial charge in [-0.2, -0.15) is 0 Å². The fourth-order valence-electron chi connectivity index (χ4n) is 4.16. The summed E-state index contributed by atoms with van der Waals surface area (Å²) in [6.07, 6.45) is 8.28. The quantitative estimate of drug-likeness (QED) is 0.782. The van der Waals surface area contributed by atoms with Crippen molar-refractivity contribution in [3.05, 3.63) is 40.9 Å². The summed E-state index contributed by atoms with van der Waals surface area (Å²) in [5.74, 6) is 0.491. The molecule has 2 fully saturated rings. The highest BCUT2D eigenvalue weighted by atomic mass is 35.5. The van der Waals surface area contributed by atoms with Gasteiger partial charge in [0.25, 0.3) is 5.91 Å². The highest BCUT2D eigenvalue weighted by Crippen LogP contribution is 2.39. The summed E-state index contributed by atoms with van der Waals surface area (Å²) in [6, 6.07) is 2.03. The molecule has 0 aromatic carbocycles. The zero-order chi connectivity index (χ0) is 20.8. The Morgan fingerprint density at radius 1 is 1.38 bits per heavy atom. The van der Waals surface area contributed by atoms with Gasteiger partial charge in [0.1, 0.15) is 0 Å². The first-order valence-electron chi connectivity index (χ1n) is 10.2. The maximum atomic E-state index is 13.2. The Balaban J connectivity index is 1.82. The molecule has 1 saturated carbocycles. The number of hydrogen-bond acceptors (Lipinski definition) is 5. The minimum Gasteiger partial charge on any atom is -0.368 e. The molecule has 1 aliphatic carbocycles. The Morgan fingerprint density at radius 3 is 2.76 bits per heavy atom. The molecular weight excluding hydrogens is 386 g/mol. The van der Waals surface area contributed by atoms with Crippen LogP contribution >= 0.6 is 11.6 Å². The molecule has 3 heterocycles. The first-order valence-corrected chi connectivity index (χ1v) is 10.6. The third-order valence-corrected chi connectivity index (χ3v) is 6.19. The van der Waals surface area contributed by atoms with Crippen LogP contribution in [-0.2, 0) is 0 Å². The van der Waals surface area contributed by atoms with E-state index < -0.39 is 0 Å². The fourth-order valence-corrected chi connectivity index (χ4v) is 4.33. The van der Waals surface area contributed by atoms with E-state index in [4.69, 9.17) is 17.3 Å². The molecule has 1 amide bonds. The van der Waals surface area contributed by atoms with E-state index in [0.29, 0.717) is 23.0 Å². The van der Waals surface area contributed by atoms with Crippen molar-refractivity contribution in [1.82, 2.24) is 15.3 Å². The number of hydrogen-bond donors (Lipinski definition) is 2. The van der Waals surface area contributed by atoms with Crippen LogP contribution in [0, 0.1) is 12.8 Å². The minimum atomic E-state index is -0.296. The molecule has 0 radical (unpaired) electrons. The van der Waals surface area contributed by atoms with Crippen molar-refractivity contribution in [2.45, 2.75) is 51.6 Å². The third-order valence-electron chi connectivity index (χ3n) is 5.99. The van der Waals surface area contributed by atoms with Crippen molar-refractivity contribution in [2.75, 3.05) is 18.0 Å². The SMILES string of the molecule is Cc1ncc(C(=O)N[C@@H](C)C2CC2)c(N2CC[C@](C)(N)C2)c1-c1cncc(Cl)c1. The van der Waals surface area contributed by atoms with E-state index in [-0.39, 0.29) is 17.5 Å². The molecule has 154 valence electrons. The van der Waals surface area contributed by atoms with E-state index in [0.717, 1.165) is 35.5 Å². The van der Waals surface area contributed by atoms with E-state index in [9.17, 15) is 4.79 Å². The minimum absolute atomic E-state index is 0.0891. The maximum absolute atomic E-state index is 13.2. The second kappa shape index (κ2) is 7.58. The zero-order valence-electron chi connectivity index (χ0n) is 17.2. The van der Waals surface area contributed by atoms with E-state index in [2.05, 4.69) is 34.0 Å². The van der Waals surface area contributed by atoms with Crippen LogP contribution in [0.1, 0.15) is 49.2 Å². The fraction of sp³-hybridized carbons (Fsp3) is 0.500. The van der Waals surface area contributed by atoms with E-state index in [1.54, 1.807) is 18.6 Å². The molecule has 2 aromatic rings. The largest absolute Gasteiger partial charge is 0.368 e. The van der Waals surface area contributed by atoms with Gasteiger partial charge in [0.15, 0.2) is 0 Å². The smallest absolute Gasteiger partial charge is 0.255 e. The highest BCUT2D eigenvalue weighted by molar-refractivity contribution is 6.30. The number of carbonyl (C=O) groups is 1. The first kappa shape index (κ1) is 20.1. The summed E-state index contributed by atoms with van der Waals surface area (Å²) >= 11 is 6.22. The standard InChI is InChI=1S/C22H28ClN5O/c1-13(15-4-5-15)27-21(29)18-11-26-14(2)19(16-8-17(23)10-25-9-16)20(18)28-7-6-22(3,24)12-28/h8-11,13,15H,4-7,12,24H2,1-3H3,(H,27,29)/t13-,22-/m0/s1. The number of nitrogens with one attached hydrogen (secondary N) is 1. The molecule has 0 unspecified atom stereocenters. The van der Waals surface area contributed by atoms with Gasteiger partial charge < -0.3 is 16.0 Å². The van der Waals surface area contributed by atoms with Crippen molar-refractivity contribution in [3.63, 3.8) is 0 Å². The Kier molecular flexibility index (Phi) is 5.25. The number of anilines is 1. The van der Waals surface area contributed by atoms with Gasteiger partial charge in [-0.1, -0.05) is 11.6 Å². The van der Waals surface area contributed by atoms with Gasteiger partial charge in [-0.15, -0.1) is 0 Å². The molecular formula is C22H28ClN5O. The number of pyridine rings is 2. The number of rotatable bonds is 5. The molecule has 2 atom stereocenters. The molecule has 2 aliphatic rings. The van der Waals surface area contributed by atoms with Gasteiger partial charge in [-0.25, -0.2) is 0 Å². The van der Waals surface area contributed by atoms with Crippen LogP contribution < -0.4 is 16.0 Å². The summed E-state index contributed by atoms with van der Waals surface area (Å²) in [5.41, 5.74) is 10.2. The summed E-state index contributed by atoms with van der Waals surface area (Å²) in [5, 5.41) is 3.72. The van der Waals surface area contributed by atoms with Crippen LogP contribution in [0.4, 0.5) is 5.69 Å². The lowest BCUT2D eigenvalue weighted by molar-refractivity contribution is 0.0936. The highest BCUT2D eigenvalue weighted by Gasteiger charge is 2.35. The second-order valence-corrected chi connectivity index (χ2v) is 9.23. The van der Waals surface area contributed by atoms with Crippen molar-refractivity contribution in [2.24, 2.45) is 11.7 Å². The predicted octanol–water partition coefficient (Wildman–Crippen LogP) is 3.56.